The number of hydrogen-bond acceptors (Lipinski definition) is 4. The number of carbonyl (C=O) groups excluding carboxylic acids is 1. The number of ether oxygens (including phenoxy) is 2. The third-order valence-corrected chi connectivity index (χ3v) is 5.41. The molecule has 0 aromatic heterocycles. The van der Waals surface area contributed by atoms with Gasteiger partial charge in [-0.3, -0.25) is 4.79 Å². The number of rotatable bonds is 8. The Morgan fingerprint density at radius 2 is 1.76 bits per heavy atom. The predicted molar refractivity (Wildman–Crippen MR) is 132 cm³/mol. The van der Waals surface area contributed by atoms with Gasteiger partial charge in [-0.05, 0) is 73.2 Å². The topological polar surface area (TPSA) is 71.3 Å². The van der Waals surface area contributed by atoms with Crippen molar-refractivity contribution in [3.63, 3.8) is 0 Å². The minimum atomic E-state index is -0.558. The lowest BCUT2D eigenvalue weighted by Crippen LogP contribution is -2.13. The fraction of sp³-hybridized carbons (Fsp3) is 0.120. The monoisotopic (exact) mass is 500 g/mol. The number of halogens is 3. The van der Waals surface area contributed by atoms with E-state index >= 15 is 0 Å². The van der Waals surface area contributed by atoms with Gasteiger partial charge in [-0.25, -0.2) is 0 Å². The number of nitrogens with zero attached hydrogens (tertiary/aromatic N) is 1. The highest BCUT2D eigenvalue weighted by Gasteiger charge is 2.13. The van der Waals surface area contributed by atoms with E-state index in [-0.39, 0.29) is 12.2 Å². The first-order valence-corrected chi connectivity index (χ1v) is 11.0. The molecule has 1 amide bonds. The lowest BCUT2D eigenvalue weighted by molar-refractivity contribution is -0.112. The second kappa shape index (κ2) is 11.6. The highest BCUT2D eigenvalue weighted by atomic mass is 35.5. The number of benzene rings is 3. The summed E-state index contributed by atoms with van der Waals surface area (Å²) in [5.41, 5.74) is 1.72. The zero-order valence-electron chi connectivity index (χ0n) is 17.6. The maximum atomic E-state index is 12.7. The Morgan fingerprint density at radius 3 is 2.42 bits per heavy atom. The molecule has 0 radical (unpaired) electrons. The van der Waals surface area contributed by atoms with E-state index in [1.54, 1.807) is 60.7 Å². The SMILES string of the molecule is CCOc1ccc(NC(=O)/C(C#N)=C/c2cc(Cl)ccc2OCc2ccc(Cl)c(Cl)c2)cc1. The van der Waals surface area contributed by atoms with Crippen LogP contribution >= 0.6 is 34.8 Å². The number of hydrogen-bond donors (Lipinski definition) is 1. The maximum Gasteiger partial charge on any atom is 0.266 e. The highest BCUT2D eigenvalue weighted by Crippen LogP contribution is 2.28. The average Bonchev–Trinajstić information content (AvgIpc) is 2.80. The Morgan fingerprint density at radius 1 is 1.00 bits per heavy atom. The summed E-state index contributed by atoms with van der Waals surface area (Å²) in [6.45, 7) is 2.64. The van der Waals surface area contributed by atoms with Crippen molar-refractivity contribution in [2.24, 2.45) is 0 Å². The molecule has 1 N–H and O–H groups in total. The van der Waals surface area contributed by atoms with E-state index < -0.39 is 5.91 Å². The van der Waals surface area contributed by atoms with E-state index in [0.717, 1.165) is 5.56 Å². The first kappa shape index (κ1) is 24.5. The van der Waals surface area contributed by atoms with Gasteiger partial charge in [-0.1, -0.05) is 40.9 Å². The van der Waals surface area contributed by atoms with Gasteiger partial charge in [0.05, 0.1) is 16.7 Å². The van der Waals surface area contributed by atoms with E-state index in [0.29, 0.717) is 44.4 Å². The minimum Gasteiger partial charge on any atom is -0.494 e. The number of nitriles is 1. The van der Waals surface area contributed by atoms with Crippen LogP contribution in [0.5, 0.6) is 11.5 Å². The third kappa shape index (κ3) is 6.90. The summed E-state index contributed by atoms with van der Waals surface area (Å²) in [6.07, 6.45) is 1.43. The fourth-order valence-electron chi connectivity index (χ4n) is 2.86. The lowest BCUT2D eigenvalue weighted by Gasteiger charge is -2.11. The molecule has 8 heteroatoms. The molecule has 0 saturated carbocycles. The predicted octanol–water partition coefficient (Wildman–Crippen LogP) is 7.17. The molecule has 3 aromatic rings. The van der Waals surface area contributed by atoms with Gasteiger partial charge in [0.25, 0.3) is 5.91 Å². The van der Waals surface area contributed by atoms with Gasteiger partial charge in [0, 0.05) is 16.3 Å². The molecule has 33 heavy (non-hydrogen) atoms. The summed E-state index contributed by atoms with van der Waals surface area (Å²) < 4.78 is 11.3. The van der Waals surface area contributed by atoms with E-state index in [1.807, 2.05) is 13.0 Å². The van der Waals surface area contributed by atoms with Crippen molar-refractivity contribution in [1.82, 2.24) is 0 Å². The second-order valence-corrected chi connectivity index (χ2v) is 8.05. The van der Waals surface area contributed by atoms with E-state index in [2.05, 4.69) is 5.32 Å². The van der Waals surface area contributed by atoms with Gasteiger partial charge in [0.2, 0.25) is 0 Å². The van der Waals surface area contributed by atoms with Crippen LogP contribution in [0.2, 0.25) is 15.1 Å². The smallest absolute Gasteiger partial charge is 0.266 e. The van der Waals surface area contributed by atoms with E-state index in [9.17, 15) is 10.1 Å². The van der Waals surface area contributed by atoms with Crippen molar-refractivity contribution in [3.8, 4) is 17.6 Å². The van der Waals surface area contributed by atoms with Crippen molar-refractivity contribution in [3.05, 3.63) is 92.4 Å². The molecule has 0 atom stereocenters. The number of anilines is 1. The zero-order chi connectivity index (χ0) is 23.8. The van der Waals surface area contributed by atoms with E-state index in [4.69, 9.17) is 44.3 Å². The minimum absolute atomic E-state index is 0.106. The molecule has 168 valence electrons. The van der Waals surface area contributed by atoms with Gasteiger partial charge in [-0.2, -0.15) is 5.26 Å². The van der Waals surface area contributed by atoms with Crippen molar-refractivity contribution >= 4 is 52.5 Å². The second-order valence-electron chi connectivity index (χ2n) is 6.80. The van der Waals surface area contributed by atoms with Crippen LogP contribution in [0, 0.1) is 11.3 Å². The van der Waals surface area contributed by atoms with Gasteiger partial charge in [-0.15, -0.1) is 0 Å². The molecule has 0 heterocycles. The Bertz CT molecular complexity index is 1220. The summed E-state index contributed by atoms with van der Waals surface area (Å²) in [5, 5.41) is 13.6. The molecule has 0 fully saturated rings. The third-order valence-electron chi connectivity index (χ3n) is 4.44. The Labute approximate surface area is 207 Å². The molecule has 0 saturated heterocycles. The standard InChI is InChI=1S/C25H19Cl3N2O3/c1-2-32-21-7-5-20(6-8-21)30-25(31)18(14-29)12-17-13-19(26)4-10-24(17)33-15-16-3-9-22(27)23(28)11-16/h3-13H,2,15H2,1H3,(H,30,31)/b18-12+. The van der Waals surface area contributed by atoms with Crippen LogP contribution in [-0.4, -0.2) is 12.5 Å². The van der Waals surface area contributed by atoms with E-state index in [1.165, 1.54) is 6.08 Å². The maximum absolute atomic E-state index is 12.7. The summed E-state index contributed by atoms with van der Waals surface area (Å²) in [6, 6.07) is 18.9. The number of carbonyl (C=O) groups is 1. The van der Waals surface area contributed by atoms with Gasteiger partial charge in [0.15, 0.2) is 0 Å². The molecule has 5 nitrogen and oxygen atoms in total. The normalized spacial score (nSPS) is 10.9. The van der Waals surface area contributed by atoms with Crippen molar-refractivity contribution < 1.29 is 14.3 Å². The molecular formula is C25H19Cl3N2O3. The molecule has 3 rings (SSSR count). The average molecular weight is 502 g/mol. The zero-order valence-corrected chi connectivity index (χ0v) is 19.8. The molecule has 3 aromatic carbocycles. The van der Waals surface area contributed by atoms with Crippen molar-refractivity contribution in [2.75, 3.05) is 11.9 Å². The van der Waals surface area contributed by atoms with Crippen molar-refractivity contribution in [2.45, 2.75) is 13.5 Å². The number of nitrogens with one attached hydrogen (secondary N) is 1. The Kier molecular flexibility index (Phi) is 8.62. The summed E-state index contributed by atoms with van der Waals surface area (Å²) in [7, 11) is 0. The van der Waals surface area contributed by atoms with Crippen LogP contribution in [0.1, 0.15) is 18.1 Å². The van der Waals surface area contributed by atoms with Crippen LogP contribution in [0.15, 0.2) is 66.2 Å². The molecule has 0 aliphatic rings. The fourth-order valence-corrected chi connectivity index (χ4v) is 3.36. The van der Waals surface area contributed by atoms with Gasteiger partial charge >= 0.3 is 0 Å². The summed E-state index contributed by atoms with van der Waals surface area (Å²) >= 11 is 18.1. The molecule has 0 aliphatic carbocycles. The van der Waals surface area contributed by atoms with Crippen LogP contribution in [-0.2, 0) is 11.4 Å². The van der Waals surface area contributed by atoms with Crippen LogP contribution in [0.3, 0.4) is 0 Å². The number of amides is 1. The van der Waals surface area contributed by atoms with Crippen LogP contribution in [0.4, 0.5) is 5.69 Å². The highest BCUT2D eigenvalue weighted by molar-refractivity contribution is 6.42. The van der Waals surface area contributed by atoms with Gasteiger partial charge in [0.1, 0.15) is 29.7 Å². The van der Waals surface area contributed by atoms with Crippen molar-refractivity contribution in [1.29, 1.82) is 5.26 Å². The summed E-state index contributed by atoms with van der Waals surface area (Å²) in [4.78, 5) is 12.7. The lowest BCUT2D eigenvalue weighted by atomic mass is 10.1. The quantitative estimate of drug-likeness (QED) is 0.262. The van der Waals surface area contributed by atoms with Crippen LogP contribution < -0.4 is 14.8 Å². The Balaban J connectivity index is 1.79. The first-order chi connectivity index (χ1) is 15.9. The largest absolute Gasteiger partial charge is 0.494 e. The van der Waals surface area contributed by atoms with Crippen LogP contribution in [0.25, 0.3) is 6.08 Å². The van der Waals surface area contributed by atoms with Gasteiger partial charge < -0.3 is 14.8 Å². The molecule has 0 spiro atoms. The molecule has 0 aliphatic heterocycles. The molecular weight excluding hydrogens is 483 g/mol. The first-order valence-electron chi connectivity index (χ1n) is 9.92. The Hall–Kier alpha value is -3.17. The molecule has 0 unspecified atom stereocenters. The molecule has 0 bridgehead atoms. The summed E-state index contributed by atoms with van der Waals surface area (Å²) in [5.74, 6) is 0.582.